The number of rotatable bonds is 2. The van der Waals surface area contributed by atoms with Crippen molar-refractivity contribution in [3.8, 4) is 0 Å². The first-order chi connectivity index (χ1) is 5.70. The molecule has 68 valence electrons. The topological polar surface area (TPSA) is 46.3 Å². The standard InChI is InChI=1S/C9H16N2O/c10-8(12)7-9-1-4-11(5-2-9)6-3-9/h1-7H2,(H2,10,12). The molecule has 0 saturated carbocycles. The van der Waals surface area contributed by atoms with Crippen molar-refractivity contribution >= 4 is 5.91 Å². The van der Waals surface area contributed by atoms with Crippen molar-refractivity contribution in [3.05, 3.63) is 0 Å². The lowest BCUT2D eigenvalue weighted by molar-refractivity contribution is -0.122. The van der Waals surface area contributed by atoms with Crippen LogP contribution in [0.15, 0.2) is 0 Å². The van der Waals surface area contributed by atoms with Gasteiger partial charge in [0.2, 0.25) is 5.91 Å². The highest BCUT2D eigenvalue weighted by Crippen LogP contribution is 2.42. The van der Waals surface area contributed by atoms with Crippen LogP contribution < -0.4 is 5.73 Å². The van der Waals surface area contributed by atoms with Gasteiger partial charge in [-0.15, -0.1) is 0 Å². The molecule has 0 radical (unpaired) electrons. The van der Waals surface area contributed by atoms with Crippen molar-refractivity contribution in [2.45, 2.75) is 25.7 Å². The third kappa shape index (κ3) is 1.33. The average molecular weight is 168 g/mol. The van der Waals surface area contributed by atoms with E-state index in [1.807, 2.05) is 0 Å². The highest BCUT2D eigenvalue weighted by atomic mass is 16.1. The summed E-state index contributed by atoms with van der Waals surface area (Å²) in [5.41, 5.74) is 5.54. The maximum atomic E-state index is 10.9. The number of piperidine rings is 3. The molecule has 0 aromatic rings. The first-order valence-corrected chi connectivity index (χ1v) is 4.71. The first-order valence-electron chi connectivity index (χ1n) is 4.71. The Balaban J connectivity index is 2.03. The fraction of sp³-hybridized carbons (Fsp3) is 0.889. The summed E-state index contributed by atoms with van der Waals surface area (Å²) < 4.78 is 0. The third-order valence-electron chi connectivity index (χ3n) is 3.42. The smallest absolute Gasteiger partial charge is 0.217 e. The van der Waals surface area contributed by atoms with E-state index < -0.39 is 0 Å². The summed E-state index contributed by atoms with van der Waals surface area (Å²) in [5, 5.41) is 0. The molecule has 3 saturated heterocycles. The molecule has 1 amide bonds. The van der Waals surface area contributed by atoms with E-state index in [0.717, 1.165) is 0 Å². The van der Waals surface area contributed by atoms with Crippen LogP contribution in [0.25, 0.3) is 0 Å². The number of carbonyl (C=O) groups is 1. The fourth-order valence-electron chi connectivity index (χ4n) is 2.53. The zero-order chi connectivity index (χ0) is 8.60. The second kappa shape index (κ2) is 2.73. The zero-order valence-electron chi connectivity index (χ0n) is 7.38. The summed E-state index contributed by atoms with van der Waals surface area (Å²) in [6.45, 7) is 3.52. The third-order valence-corrected chi connectivity index (χ3v) is 3.42. The summed E-state index contributed by atoms with van der Waals surface area (Å²) >= 11 is 0. The molecule has 3 aliphatic heterocycles. The molecule has 3 heterocycles. The van der Waals surface area contributed by atoms with Crippen molar-refractivity contribution in [2.24, 2.45) is 11.1 Å². The van der Waals surface area contributed by atoms with Crippen LogP contribution in [0.3, 0.4) is 0 Å². The predicted molar refractivity (Wildman–Crippen MR) is 46.5 cm³/mol. The van der Waals surface area contributed by atoms with Gasteiger partial charge < -0.3 is 10.6 Å². The Morgan fingerprint density at radius 3 is 2.17 bits per heavy atom. The molecular weight excluding hydrogens is 152 g/mol. The van der Waals surface area contributed by atoms with Gasteiger partial charge in [0.15, 0.2) is 0 Å². The van der Waals surface area contributed by atoms with Crippen LogP contribution in [0.2, 0.25) is 0 Å². The molecular formula is C9H16N2O. The van der Waals surface area contributed by atoms with Crippen LogP contribution in [0.1, 0.15) is 25.7 Å². The second-order valence-corrected chi connectivity index (χ2v) is 4.23. The molecule has 0 aliphatic carbocycles. The van der Waals surface area contributed by atoms with E-state index in [4.69, 9.17) is 5.73 Å². The van der Waals surface area contributed by atoms with Crippen molar-refractivity contribution < 1.29 is 4.79 Å². The van der Waals surface area contributed by atoms with Crippen molar-refractivity contribution in [2.75, 3.05) is 19.6 Å². The molecule has 0 spiro atoms. The van der Waals surface area contributed by atoms with Gasteiger partial charge in [-0.2, -0.15) is 0 Å². The van der Waals surface area contributed by atoms with Gasteiger partial charge in [0.05, 0.1) is 0 Å². The fourth-order valence-corrected chi connectivity index (χ4v) is 2.53. The number of nitrogens with zero attached hydrogens (tertiary/aromatic N) is 1. The van der Waals surface area contributed by atoms with E-state index in [1.165, 1.54) is 38.9 Å². The Kier molecular flexibility index (Phi) is 1.83. The molecule has 12 heavy (non-hydrogen) atoms. The quantitative estimate of drug-likeness (QED) is 0.646. The van der Waals surface area contributed by atoms with Crippen LogP contribution in [-0.2, 0) is 4.79 Å². The van der Waals surface area contributed by atoms with Crippen LogP contribution in [-0.4, -0.2) is 30.4 Å². The Hall–Kier alpha value is -0.570. The minimum Gasteiger partial charge on any atom is -0.370 e. The summed E-state index contributed by atoms with van der Waals surface area (Å²) in [6.07, 6.45) is 4.14. The van der Waals surface area contributed by atoms with Gasteiger partial charge in [-0.1, -0.05) is 0 Å². The van der Waals surface area contributed by atoms with Crippen LogP contribution in [0.4, 0.5) is 0 Å². The normalized spacial score (nSPS) is 39.8. The van der Waals surface area contributed by atoms with Gasteiger partial charge in [-0.3, -0.25) is 4.79 Å². The predicted octanol–water partition coefficient (Wildman–Crippen LogP) is 0.348. The molecule has 3 aliphatic rings. The van der Waals surface area contributed by atoms with Gasteiger partial charge in [-0.25, -0.2) is 0 Å². The Morgan fingerprint density at radius 2 is 1.75 bits per heavy atom. The summed E-state index contributed by atoms with van der Waals surface area (Å²) in [5.74, 6) is -0.120. The molecule has 3 rings (SSSR count). The summed E-state index contributed by atoms with van der Waals surface area (Å²) in [6, 6.07) is 0. The Morgan fingerprint density at radius 1 is 1.25 bits per heavy atom. The first kappa shape index (κ1) is 8.05. The van der Waals surface area contributed by atoms with E-state index in [9.17, 15) is 4.79 Å². The maximum Gasteiger partial charge on any atom is 0.217 e. The molecule has 0 unspecified atom stereocenters. The van der Waals surface area contributed by atoms with Crippen LogP contribution in [0, 0.1) is 5.41 Å². The van der Waals surface area contributed by atoms with E-state index in [0.29, 0.717) is 11.8 Å². The maximum absolute atomic E-state index is 10.9. The highest BCUT2D eigenvalue weighted by Gasteiger charge is 2.40. The largest absolute Gasteiger partial charge is 0.370 e. The Bertz CT molecular complexity index is 181. The van der Waals surface area contributed by atoms with Crippen LogP contribution >= 0.6 is 0 Å². The van der Waals surface area contributed by atoms with Crippen molar-refractivity contribution in [3.63, 3.8) is 0 Å². The molecule has 0 aromatic carbocycles. The second-order valence-electron chi connectivity index (χ2n) is 4.23. The number of primary amides is 1. The number of amides is 1. The van der Waals surface area contributed by atoms with E-state index in [2.05, 4.69) is 4.90 Å². The van der Waals surface area contributed by atoms with Crippen molar-refractivity contribution in [1.29, 1.82) is 0 Å². The number of fused-ring (bicyclic) bond motifs is 3. The molecule has 3 fully saturated rings. The molecule has 0 atom stereocenters. The number of hydrogen-bond acceptors (Lipinski definition) is 2. The van der Waals surface area contributed by atoms with E-state index >= 15 is 0 Å². The van der Waals surface area contributed by atoms with Crippen molar-refractivity contribution in [1.82, 2.24) is 4.90 Å². The Labute approximate surface area is 72.9 Å². The van der Waals surface area contributed by atoms with Gasteiger partial charge >= 0.3 is 0 Å². The number of nitrogens with two attached hydrogens (primary N) is 1. The number of carbonyl (C=O) groups excluding carboxylic acids is 1. The molecule has 3 nitrogen and oxygen atoms in total. The van der Waals surface area contributed by atoms with Gasteiger partial charge in [0.25, 0.3) is 0 Å². The monoisotopic (exact) mass is 168 g/mol. The molecule has 0 aromatic heterocycles. The lowest BCUT2D eigenvalue weighted by Gasteiger charge is -2.48. The lowest BCUT2D eigenvalue weighted by Crippen LogP contribution is -2.49. The lowest BCUT2D eigenvalue weighted by atomic mass is 9.70. The van der Waals surface area contributed by atoms with Crippen LogP contribution in [0.5, 0.6) is 0 Å². The van der Waals surface area contributed by atoms with E-state index in [1.54, 1.807) is 0 Å². The highest BCUT2D eigenvalue weighted by molar-refractivity contribution is 5.74. The average Bonchev–Trinajstić information content (AvgIpc) is 2.05. The van der Waals surface area contributed by atoms with E-state index in [-0.39, 0.29) is 5.91 Å². The number of hydrogen-bond donors (Lipinski definition) is 1. The minimum absolute atomic E-state index is 0.120. The molecule has 2 N–H and O–H groups in total. The van der Waals surface area contributed by atoms with Gasteiger partial charge in [-0.05, 0) is 44.3 Å². The van der Waals surface area contributed by atoms with Gasteiger partial charge in [0.1, 0.15) is 0 Å². The molecule has 2 bridgehead atoms. The van der Waals surface area contributed by atoms with Gasteiger partial charge in [0, 0.05) is 6.42 Å². The summed E-state index contributed by atoms with van der Waals surface area (Å²) in [7, 11) is 0. The molecule has 3 heteroatoms. The SMILES string of the molecule is NC(=O)CC12CCN(CC1)CC2. The summed E-state index contributed by atoms with van der Waals surface area (Å²) in [4.78, 5) is 13.3. The minimum atomic E-state index is -0.120. The zero-order valence-corrected chi connectivity index (χ0v) is 7.38.